The van der Waals surface area contributed by atoms with Gasteiger partial charge in [0.15, 0.2) is 0 Å². The molecule has 0 saturated heterocycles. The number of anilines is 1. The second-order valence-electron chi connectivity index (χ2n) is 7.91. The van der Waals surface area contributed by atoms with Crippen LogP contribution in [0.15, 0.2) is 22.7 Å². The summed E-state index contributed by atoms with van der Waals surface area (Å²) in [5.74, 6) is 1.02. The quantitative estimate of drug-likeness (QED) is 0.321. The third-order valence-corrected chi connectivity index (χ3v) is 7.01. The van der Waals surface area contributed by atoms with E-state index >= 15 is 0 Å². The molecule has 1 aliphatic rings. The van der Waals surface area contributed by atoms with Crippen LogP contribution in [-0.2, 0) is 9.53 Å². The molecule has 0 heterocycles. The Bertz CT molecular complexity index is 583. The fourth-order valence-electron chi connectivity index (χ4n) is 3.01. The summed E-state index contributed by atoms with van der Waals surface area (Å²) in [6.07, 6.45) is 4.23. The number of rotatable bonds is 8. The van der Waals surface area contributed by atoms with Gasteiger partial charge in [0, 0.05) is 31.1 Å². The molecule has 1 aliphatic carbocycles. The Morgan fingerprint density at radius 3 is 2.56 bits per heavy atom. The number of hydrogen-bond donors (Lipinski definition) is 0. The molecule has 0 spiro atoms. The average molecular weight is 428 g/mol. The van der Waals surface area contributed by atoms with Crippen molar-refractivity contribution in [1.82, 2.24) is 0 Å². The van der Waals surface area contributed by atoms with Crippen LogP contribution in [0.5, 0.6) is 5.75 Å². The first kappa shape index (κ1) is 20.5. The molecule has 4 nitrogen and oxygen atoms in total. The lowest BCUT2D eigenvalue weighted by molar-refractivity contribution is -0.123. The Morgan fingerprint density at radius 1 is 1.28 bits per heavy atom. The highest BCUT2D eigenvalue weighted by Crippen LogP contribution is 2.34. The molecule has 0 unspecified atom stereocenters. The van der Waals surface area contributed by atoms with E-state index in [4.69, 9.17) is 9.47 Å². The number of hydrogen-bond acceptors (Lipinski definition) is 3. The monoisotopic (exact) mass is 427 g/mol. The highest BCUT2D eigenvalue weighted by molar-refractivity contribution is 9.10. The van der Waals surface area contributed by atoms with Crippen LogP contribution < -0.4 is 9.64 Å². The van der Waals surface area contributed by atoms with Crippen LogP contribution in [-0.4, -0.2) is 34.4 Å². The van der Waals surface area contributed by atoms with E-state index in [1.54, 1.807) is 12.0 Å². The molecule has 140 valence electrons. The van der Waals surface area contributed by atoms with Crippen molar-refractivity contribution in [3.8, 4) is 5.75 Å². The van der Waals surface area contributed by atoms with Crippen molar-refractivity contribution in [3.05, 3.63) is 22.7 Å². The summed E-state index contributed by atoms with van der Waals surface area (Å²) < 4.78 is 12.1. The van der Waals surface area contributed by atoms with Gasteiger partial charge in [0.05, 0.1) is 12.8 Å². The number of ether oxygens (including phenoxy) is 2. The summed E-state index contributed by atoms with van der Waals surface area (Å²) in [4.78, 5) is 14.9. The zero-order valence-corrected chi connectivity index (χ0v) is 18.4. The van der Waals surface area contributed by atoms with Crippen LogP contribution in [0, 0.1) is 5.92 Å². The SMILES string of the molecule is COc1ccc(Br)c(N(COCC[Si](C)(C)C)C(=O)C2CCCC2)c1. The molecular weight excluding hydrogens is 398 g/mol. The predicted molar refractivity (Wildman–Crippen MR) is 109 cm³/mol. The van der Waals surface area contributed by atoms with Crippen molar-refractivity contribution in [3.63, 3.8) is 0 Å². The molecule has 1 aromatic rings. The van der Waals surface area contributed by atoms with E-state index in [0.717, 1.165) is 47.6 Å². The Hall–Kier alpha value is -0.853. The first-order chi connectivity index (χ1) is 11.8. The van der Waals surface area contributed by atoms with E-state index in [-0.39, 0.29) is 11.8 Å². The summed E-state index contributed by atoms with van der Waals surface area (Å²) in [6, 6.07) is 6.81. The largest absolute Gasteiger partial charge is 0.497 e. The minimum absolute atomic E-state index is 0.110. The van der Waals surface area contributed by atoms with Crippen LogP contribution in [0.2, 0.25) is 25.7 Å². The van der Waals surface area contributed by atoms with Gasteiger partial charge in [0.25, 0.3) is 0 Å². The van der Waals surface area contributed by atoms with Gasteiger partial charge < -0.3 is 9.47 Å². The van der Waals surface area contributed by atoms with E-state index in [0.29, 0.717) is 13.3 Å². The zero-order valence-electron chi connectivity index (χ0n) is 15.8. The third-order valence-electron chi connectivity index (χ3n) is 4.63. The summed E-state index contributed by atoms with van der Waals surface area (Å²) >= 11 is 3.58. The van der Waals surface area contributed by atoms with Gasteiger partial charge in [-0.05, 0) is 46.9 Å². The van der Waals surface area contributed by atoms with E-state index in [1.165, 1.54) is 0 Å². The molecule has 1 aromatic carbocycles. The minimum atomic E-state index is -1.14. The third kappa shape index (κ3) is 6.11. The van der Waals surface area contributed by atoms with Gasteiger partial charge in [-0.1, -0.05) is 32.5 Å². The van der Waals surface area contributed by atoms with Crippen LogP contribution in [0.4, 0.5) is 5.69 Å². The fraction of sp³-hybridized carbons (Fsp3) is 0.632. The van der Waals surface area contributed by atoms with Crippen molar-refractivity contribution in [2.75, 3.05) is 25.3 Å². The number of carbonyl (C=O) groups is 1. The van der Waals surface area contributed by atoms with Gasteiger partial charge in [0.1, 0.15) is 12.5 Å². The van der Waals surface area contributed by atoms with Crippen molar-refractivity contribution < 1.29 is 14.3 Å². The van der Waals surface area contributed by atoms with Gasteiger partial charge in [-0.15, -0.1) is 0 Å². The second-order valence-corrected chi connectivity index (χ2v) is 14.4. The summed E-state index contributed by atoms with van der Waals surface area (Å²) in [7, 11) is 0.495. The normalized spacial score (nSPS) is 15.4. The van der Waals surface area contributed by atoms with Gasteiger partial charge in [-0.25, -0.2) is 0 Å². The maximum absolute atomic E-state index is 13.1. The van der Waals surface area contributed by atoms with Crippen molar-refractivity contribution in [1.29, 1.82) is 0 Å². The number of carbonyl (C=O) groups excluding carboxylic acids is 1. The maximum atomic E-state index is 13.1. The lowest BCUT2D eigenvalue weighted by Gasteiger charge is -2.27. The summed E-state index contributed by atoms with van der Waals surface area (Å²) in [6.45, 7) is 7.99. The smallest absolute Gasteiger partial charge is 0.232 e. The van der Waals surface area contributed by atoms with Gasteiger partial charge >= 0.3 is 0 Å². The van der Waals surface area contributed by atoms with Crippen molar-refractivity contribution in [2.24, 2.45) is 5.92 Å². The zero-order chi connectivity index (χ0) is 18.4. The van der Waals surface area contributed by atoms with Crippen molar-refractivity contribution >= 4 is 35.6 Å². The number of nitrogens with zero attached hydrogens (tertiary/aromatic N) is 1. The Morgan fingerprint density at radius 2 is 1.96 bits per heavy atom. The molecule has 2 rings (SSSR count). The Balaban J connectivity index is 2.15. The molecule has 0 aromatic heterocycles. The standard InChI is InChI=1S/C19H30BrNO3Si/c1-23-16-9-10-17(20)18(13-16)21(14-24-11-12-25(2,3)4)19(22)15-7-5-6-8-15/h9-10,13,15H,5-8,11-12,14H2,1-4H3. The molecular formula is C19H30BrNO3Si. The summed E-state index contributed by atoms with van der Waals surface area (Å²) in [5.41, 5.74) is 0.823. The Labute approximate surface area is 161 Å². The summed E-state index contributed by atoms with van der Waals surface area (Å²) in [5, 5.41) is 0. The van der Waals surface area contributed by atoms with Gasteiger partial charge in [-0.2, -0.15) is 0 Å². The molecule has 0 atom stereocenters. The molecule has 6 heteroatoms. The maximum Gasteiger partial charge on any atom is 0.232 e. The van der Waals surface area contributed by atoms with Crippen LogP contribution in [0.1, 0.15) is 25.7 Å². The van der Waals surface area contributed by atoms with E-state index in [1.807, 2.05) is 18.2 Å². The van der Waals surface area contributed by atoms with E-state index in [2.05, 4.69) is 35.6 Å². The molecule has 25 heavy (non-hydrogen) atoms. The topological polar surface area (TPSA) is 38.8 Å². The number of amides is 1. The fourth-order valence-corrected chi connectivity index (χ4v) is 4.22. The predicted octanol–water partition coefficient (Wildman–Crippen LogP) is 5.29. The molecule has 1 saturated carbocycles. The Kier molecular flexibility index (Phi) is 7.52. The van der Waals surface area contributed by atoms with Gasteiger partial charge in [0.2, 0.25) is 5.91 Å². The van der Waals surface area contributed by atoms with E-state index < -0.39 is 8.07 Å². The molecule has 1 fully saturated rings. The number of benzene rings is 1. The van der Waals surface area contributed by atoms with Crippen LogP contribution >= 0.6 is 15.9 Å². The number of halogens is 1. The van der Waals surface area contributed by atoms with E-state index in [9.17, 15) is 4.79 Å². The molecule has 1 amide bonds. The lowest BCUT2D eigenvalue weighted by atomic mass is 10.1. The number of methoxy groups -OCH3 is 1. The second kappa shape index (κ2) is 9.19. The van der Waals surface area contributed by atoms with Crippen LogP contribution in [0.25, 0.3) is 0 Å². The highest BCUT2D eigenvalue weighted by Gasteiger charge is 2.29. The van der Waals surface area contributed by atoms with Crippen molar-refractivity contribution in [2.45, 2.75) is 51.4 Å². The van der Waals surface area contributed by atoms with Crippen LogP contribution in [0.3, 0.4) is 0 Å². The first-order valence-electron chi connectivity index (χ1n) is 9.04. The molecule has 0 bridgehead atoms. The highest BCUT2D eigenvalue weighted by atomic mass is 79.9. The molecule has 0 aliphatic heterocycles. The molecule has 0 N–H and O–H groups in total. The average Bonchev–Trinajstić information content (AvgIpc) is 3.09. The minimum Gasteiger partial charge on any atom is -0.497 e. The molecule has 0 radical (unpaired) electrons. The first-order valence-corrected chi connectivity index (χ1v) is 13.5. The lowest BCUT2D eigenvalue weighted by Crippen LogP contribution is -2.38. The van der Waals surface area contributed by atoms with Gasteiger partial charge in [-0.3, -0.25) is 9.69 Å².